The minimum absolute atomic E-state index is 0.0452. The third-order valence-electron chi connectivity index (χ3n) is 4.18. The average Bonchev–Trinajstić information content (AvgIpc) is 2.94. The minimum atomic E-state index is -0.201. The van der Waals surface area contributed by atoms with Crippen LogP contribution in [0.2, 0.25) is 0 Å². The van der Waals surface area contributed by atoms with Gasteiger partial charge in [-0.25, -0.2) is 0 Å². The highest BCUT2D eigenvalue weighted by atomic mass is 16.6. The van der Waals surface area contributed by atoms with Crippen molar-refractivity contribution in [2.75, 3.05) is 13.1 Å². The Morgan fingerprint density at radius 2 is 2.24 bits per heavy atom. The van der Waals surface area contributed by atoms with Gasteiger partial charge in [0, 0.05) is 25.0 Å². The van der Waals surface area contributed by atoms with E-state index in [2.05, 4.69) is 15.5 Å². The van der Waals surface area contributed by atoms with Gasteiger partial charge in [0.2, 0.25) is 0 Å². The van der Waals surface area contributed by atoms with E-state index >= 15 is 0 Å². The van der Waals surface area contributed by atoms with E-state index in [0.29, 0.717) is 30.4 Å². The highest BCUT2D eigenvalue weighted by molar-refractivity contribution is 6.40. The number of nitrogens with zero attached hydrogens (tertiary/aromatic N) is 2. The molecule has 0 unspecified atom stereocenters. The molecule has 2 atom stereocenters. The van der Waals surface area contributed by atoms with Crippen LogP contribution in [0.3, 0.4) is 0 Å². The van der Waals surface area contributed by atoms with E-state index in [-0.39, 0.29) is 23.8 Å². The van der Waals surface area contributed by atoms with Crippen LogP contribution in [0.4, 0.5) is 0 Å². The number of H-pyrrole nitrogens is 1. The van der Waals surface area contributed by atoms with E-state index in [1.54, 1.807) is 23.4 Å². The molecule has 2 N–H and O–H groups in total. The van der Waals surface area contributed by atoms with E-state index in [4.69, 9.17) is 4.84 Å². The van der Waals surface area contributed by atoms with Crippen molar-refractivity contribution in [2.24, 2.45) is 11.1 Å². The van der Waals surface area contributed by atoms with Gasteiger partial charge in [0.25, 0.3) is 11.8 Å². The standard InChI is InChI=1S/C14H16N4O3/c19-13(16-9-1-2-9)12-10-6-18(7-11(10)21-17-12)14(20)8-3-4-15-5-8/h3-5,9-11,15H,1-2,6-7H2,(H,16,19)/t10-,11+/m0/s1. The first-order valence-corrected chi connectivity index (χ1v) is 7.19. The number of hydrogen-bond donors (Lipinski definition) is 2. The number of carbonyl (C=O) groups excluding carboxylic acids is 2. The Balaban J connectivity index is 1.44. The normalized spacial score (nSPS) is 27.0. The Bertz CT molecular complexity index is 606. The minimum Gasteiger partial charge on any atom is -0.389 e. The molecule has 0 radical (unpaired) electrons. The van der Waals surface area contributed by atoms with Crippen LogP contribution in [0.5, 0.6) is 0 Å². The van der Waals surface area contributed by atoms with Gasteiger partial charge in [-0.1, -0.05) is 5.16 Å². The average molecular weight is 288 g/mol. The number of fused-ring (bicyclic) bond motifs is 1. The second kappa shape index (κ2) is 4.61. The van der Waals surface area contributed by atoms with Crippen LogP contribution in [0.1, 0.15) is 23.2 Å². The molecule has 3 heterocycles. The number of aromatic nitrogens is 1. The highest BCUT2D eigenvalue weighted by Crippen LogP contribution is 2.29. The van der Waals surface area contributed by atoms with Gasteiger partial charge in [0.15, 0.2) is 11.8 Å². The maximum absolute atomic E-state index is 12.3. The van der Waals surface area contributed by atoms with Gasteiger partial charge in [-0.2, -0.15) is 0 Å². The fourth-order valence-corrected chi connectivity index (χ4v) is 2.84. The lowest BCUT2D eigenvalue weighted by Crippen LogP contribution is -2.38. The van der Waals surface area contributed by atoms with Crippen LogP contribution in [0.15, 0.2) is 23.6 Å². The second-order valence-corrected chi connectivity index (χ2v) is 5.78. The molecule has 0 spiro atoms. The van der Waals surface area contributed by atoms with E-state index in [9.17, 15) is 9.59 Å². The summed E-state index contributed by atoms with van der Waals surface area (Å²) < 4.78 is 0. The molecule has 2 amide bonds. The fraction of sp³-hybridized carbons (Fsp3) is 0.500. The number of hydrogen-bond acceptors (Lipinski definition) is 4. The van der Waals surface area contributed by atoms with Gasteiger partial charge in [-0.15, -0.1) is 0 Å². The Morgan fingerprint density at radius 1 is 1.38 bits per heavy atom. The zero-order valence-electron chi connectivity index (χ0n) is 11.4. The van der Waals surface area contributed by atoms with E-state index in [0.717, 1.165) is 12.8 Å². The summed E-state index contributed by atoms with van der Waals surface area (Å²) in [5.41, 5.74) is 1.05. The van der Waals surface area contributed by atoms with Crippen LogP contribution in [0.25, 0.3) is 0 Å². The van der Waals surface area contributed by atoms with Crippen molar-refractivity contribution in [3.63, 3.8) is 0 Å². The third-order valence-corrected chi connectivity index (χ3v) is 4.18. The summed E-state index contributed by atoms with van der Waals surface area (Å²) in [5, 5.41) is 6.84. The van der Waals surface area contributed by atoms with Crippen molar-refractivity contribution in [3.8, 4) is 0 Å². The number of amides is 2. The number of likely N-dealkylation sites (tertiary alicyclic amines) is 1. The van der Waals surface area contributed by atoms with Crippen molar-refractivity contribution >= 4 is 17.5 Å². The molecule has 1 aromatic heterocycles. The molecule has 3 aliphatic rings. The van der Waals surface area contributed by atoms with Gasteiger partial charge < -0.3 is 20.0 Å². The smallest absolute Gasteiger partial charge is 0.269 e. The van der Waals surface area contributed by atoms with Crippen LogP contribution < -0.4 is 5.32 Å². The first-order valence-electron chi connectivity index (χ1n) is 7.19. The summed E-state index contributed by atoms with van der Waals surface area (Å²) >= 11 is 0. The first-order chi connectivity index (χ1) is 10.2. The predicted molar refractivity (Wildman–Crippen MR) is 73.7 cm³/mol. The summed E-state index contributed by atoms with van der Waals surface area (Å²) in [7, 11) is 0. The van der Waals surface area contributed by atoms with E-state index in [1.165, 1.54) is 0 Å². The van der Waals surface area contributed by atoms with Crippen LogP contribution in [-0.2, 0) is 9.63 Å². The molecule has 2 aliphatic heterocycles. The quantitative estimate of drug-likeness (QED) is 0.828. The largest absolute Gasteiger partial charge is 0.389 e. The highest BCUT2D eigenvalue weighted by Gasteiger charge is 2.46. The zero-order valence-corrected chi connectivity index (χ0v) is 11.4. The summed E-state index contributed by atoms with van der Waals surface area (Å²) in [4.78, 5) is 34.4. The van der Waals surface area contributed by atoms with Crippen molar-refractivity contribution in [2.45, 2.75) is 25.0 Å². The molecule has 2 fully saturated rings. The molecule has 1 saturated heterocycles. The van der Waals surface area contributed by atoms with Crippen molar-refractivity contribution in [3.05, 3.63) is 24.0 Å². The van der Waals surface area contributed by atoms with Gasteiger partial charge in [-0.05, 0) is 18.9 Å². The maximum atomic E-state index is 12.3. The molecule has 1 saturated carbocycles. The molecule has 110 valence electrons. The lowest BCUT2D eigenvalue weighted by molar-refractivity contribution is -0.115. The fourth-order valence-electron chi connectivity index (χ4n) is 2.84. The van der Waals surface area contributed by atoms with E-state index in [1.807, 2.05) is 0 Å². The summed E-state index contributed by atoms with van der Waals surface area (Å²) in [6.07, 6.45) is 5.26. The Labute approximate surface area is 121 Å². The Kier molecular flexibility index (Phi) is 2.73. The van der Waals surface area contributed by atoms with Crippen LogP contribution in [0, 0.1) is 5.92 Å². The topological polar surface area (TPSA) is 86.8 Å². The first kappa shape index (κ1) is 12.4. The molecule has 4 rings (SSSR count). The number of nitrogens with one attached hydrogen (secondary N) is 2. The SMILES string of the molecule is O=C(NC1CC1)C1=NO[C@@H]2CN(C(=O)c3cc[nH]c3)C[C@H]12. The molecular weight excluding hydrogens is 272 g/mol. The number of carbonyl (C=O) groups is 2. The molecule has 0 bridgehead atoms. The molecular formula is C14H16N4O3. The van der Waals surface area contributed by atoms with Crippen molar-refractivity contribution in [1.29, 1.82) is 0 Å². The lowest BCUT2D eigenvalue weighted by atomic mass is 10.0. The monoisotopic (exact) mass is 288 g/mol. The van der Waals surface area contributed by atoms with Gasteiger partial charge in [-0.3, -0.25) is 9.59 Å². The molecule has 1 aliphatic carbocycles. The van der Waals surface area contributed by atoms with Crippen molar-refractivity contribution in [1.82, 2.24) is 15.2 Å². The van der Waals surface area contributed by atoms with Gasteiger partial charge in [0.05, 0.1) is 18.0 Å². The summed E-state index contributed by atoms with van der Waals surface area (Å²) in [6.45, 7) is 0.948. The third kappa shape index (κ3) is 2.18. The second-order valence-electron chi connectivity index (χ2n) is 5.78. The number of aromatic amines is 1. The predicted octanol–water partition coefficient (Wildman–Crippen LogP) is 0.120. The van der Waals surface area contributed by atoms with Crippen LogP contribution in [-0.4, -0.2) is 52.6 Å². The molecule has 0 aromatic carbocycles. The van der Waals surface area contributed by atoms with Crippen LogP contribution >= 0.6 is 0 Å². The molecule has 1 aromatic rings. The summed E-state index contributed by atoms with van der Waals surface area (Å²) in [6, 6.07) is 2.03. The molecule has 7 heteroatoms. The number of rotatable bonds is 3. The van der Waals surface area contributed by atoms with Gasteiger partial charge >= 0.3 is 0 Å². The zero-order chi connectivity index (χ0) is 14.4. The Morgan fingerprint density at radius 3 is 2.95 bits per heavy atom. The Hall–Kier alpha value is -2.31. The lowest BCUT2D eigenvalue weighted by Gasteiger charge is -2.15. The number of oxime groups is 1. The summed E-state index contributed by atoms with van der Waals surface area (Å²) in [5.74, 6) is -0.316. The van der Waals surface area contributed by atoms with Gasteiger partial charge in [0.1, 0.15) is 0 Å². The maximum Gasteiger partial charge on any atom is 0.269 e. The van der Waals surface area contributed by atoms with Crippen molar-refractivity contribution < 1.29 is 14.4 Å². The molecule has 21 heavy (non-hydrogen) atoms. The molecule has 7 nitrogen and oxygen atoms in total. The van der Waals surface area contributed by atoms with E-state index < -0.39 is 0 Å².